The topological polar surface area (TPSA) is 54.4 Å². The minimum atomic E-state index is -3.83. The normalized spacial score (nSPS) is 11.8. The molecule has 0 rings (SSSR count). The van der Waals surface area contributed by atoms with Crippen LogP contribution in [0.4, 0.5) is 0 Å². The average molecular weight is 165 g/mol. The van der Waals surface area contributed by atoms with E-state index >= 15 is 0 Å². The Kier molecular flexibility index (Phi) is 4.64. The van der Waals surface area contributed by atoms with Crippen LogP contribution in [0, 0.1) is 5.75 Å². The number of hydrogen-bond donors (Lipinski definition) is 1. The second-order valence-corrected chi connectivity index (χ2v) is 3.54. The monoisotopic (exact) mass is 165 g/mol. The molecule has 0 spiro atoms. The van der Waals surface area contributed by atoms with Crippen molar-refractivity contribution in [3.63, 3.8) is 0 Å². The van der Waals surface area contributed by atoms with E-state index in [9.17, 15) is 8.42 Å². The van der Waals surface area contributed by atoms with Crippen LogP contribution in [0.2, 0.25) is 0 Å². The van der Waals surface area contributed by atoms with Crippen molar-refractivity contribution in [2.75, 3.05) is 0 Å². The zero-order valence-electron chi connectivity index (χ0n) is 6.08. The predicted octanol–water partition coefficient (Wildman–Crippen LogP) is 1.62. The molecule has 1 N–H and O–H groups in total. The van der Waals surface area contributed by atoms with Gasteiger partial charge in [-0.15, -0.1) is 0 Å². The maximum absolute atomic E-state index is 10.1. The Labute approximate surface area is 62.2 Å². The van der Waals surface area contributed by atoms with Gasteiger partial charge in [0.2, 0.25) is 0 Å². The maximum atomic E-state index is 10.1. The smallest absolute Gasteiger partial charge is 0.269 e. The first-order chi connectivity index (χ1) is 4.56. The highest BCUT2D eigenvalue weighted by Gasteiger charge is 2.02. The molecule has 0 unspecified atom stereocenters. The summed E-state index contributed by atoms with van der Waals surface area (Å²) in [4.78, 5) is 0. The summed E-state index contributed by atoms with van der Waals surface area (Å²) in [6.07, 6.45) is 3.34. The van der Waals surface area contributed by atoms with Crippen LogP contribution in [0.3, 0.4) is 0 Å². The highest BCUT2D eigenvalue weighted by atomic mass is 32.2. The van der Waals surface area contributed by atoms with Crippen LogP contribution < -0.4 is 0 Å². The molecule has 0 aliphatic carbocycles. The highest BCUT2D eigenvalue weighted by molar-refractivity contribution is 7.87. The Morgan fingerprint density at radius 1 is 1.40 bits per heavy atom. The van der Waals surface area contributed by atoms with Gasteiger partial charge in [0.25, 0.3) is 10.1 Å². The lowest BCUT2D eigenvalue weighted by molar-refractivity contribution is 0.487. The van der Waals surface area contributed by atoms with E-state index in [4.69, 9.17) is 4.55 Å². The van der Waals surface area contributed by atoms with Crippen molar-refractivity contribution >= 4 is 10.1 Å². The minimum absolute atomic E-state index is 0.451. The Bertz CT molecular complexity index is 160. The van der Waals surface area contributed by atoms with E-state index in [0.29, 0.717) is 6.42 Å². The molecule has 4 heteroatoms. The molecule has 61 valence electrons. The van der Waals surface area contributed by atoms with Crippen molar-refractivity contribution in [3.05, 3.63) is 5.75 Å². The average Bonchev–Trinajstić information content (AvgIpc) is 1.78. The molecule has 0 aromatic rings. The fourth-order valence-electron chi connectivity index (χ4n) is 0.627. The second-order valence-electron chi connectivity index (χ2n) is 2.18. The van der Waals surface area contributed by atoms with Gasteiger partial charge in [-0.05, 0) is 6.42 Å². The molecule has 0 aromatic carbocycles. The lowest BCUT2D eigenvalue weighted by atomic mass is 10.2. The summed E-state index contributed by atoms with van der Waals surface area (Å²) in [5.74, 6) is 0.947. The molecule has 0 aliphatic heterocycles. The molecule has 0 saturated carbocycles. The summed E-state index contributed by atoms with van der Waals surface area (Å²) >= 11 is 0. The van der Waals surface area contributed by atoms with E-state index in [-0.39, 0.29) is 0 Å². The molecule has 10 heavy (non-hydrogen) atoms. The lowest BCUT2D eigenvalue weighted by Gasteiger charge is -1.94. The first kappa shape index (κ1) is 9.91. The van der Waals surface area contributed by atoms with Gasteiger partial charge < -0.3 is 0 Å². The van der Waals surface area contributed by atoms with Crippen LogP contribution in [0.15, 0.2) is 0 Å². The summed E-state index contributed by atoms with van der Waals surface area (Å²) in [5.41, 5.74) is 0. The molecule has 0 aromatic heterocycles. The lowest BCUT2D eigenvalue weighted by Crippen LogP contribution is -1.96. The van der Waals surface area contributed by atoms with Gasteiger partial charge in [-0.3, -0.25) is 4.55 Å². The van der Waals surface area contributed by atoms with Gasteiger partial charge in [-0.25, -0.2) is 0 Å². The minimum Gasteiger partial charge on any atom is -0.285 e. The van der Waals surface area contributed by atoms with E-state index in [1.54, 1.807) is 0 Å². The molecule has 0 saturated heterocycles. The van der Waals surface area contributed by atoms with Crippen molar-refractivity contribution in [1.82, 2.24) is 0 Å². The molecule has 0 amide bonds. The molecule has 1 radical (unpaired) electrons. The van der Waals surface area contributed by atoms with E-state index in [0.717, 1.165) is 25.0 Å². The van der Waals surface area contributed by atoms with Crippen molar-refractivity contribution < 1.29 is 13.0 Å². The number of rotatable bonds is 5. The first-order valence-electron chi connectivity index (χ1n) is 3.37. The summed E-state index contributed by atoms with van der Waals surface area (Å²) in [5, 5.41) is 0. The van der Waals surface area contributed by atoms with E-state index in [1.807, 2.05) is 6.92 Å². The first-order valence-corrected chi connectivity index (χ1v) is 4.87. The Morgan fingerprint density at radius 2 is 2.00 bits per heavy atom. The van der Waals surface area contributed by atoms with Gasteiger partial charge in [0.15, 0.2) is 0 Å². The van der Waals surface area contributed by atoms with Gasteiger partial charge in [0.1, 0.15) is 5.75 Å². The van der Waals surface area contributed by atoms with Gasteiger partial charge in [-0.1, -0.05) is 26.2 Å². The van der Waals surface area contributed by atoms with Gasteiger partial charge in [0, 0.05) is 0 Å². The fraction of sp³-hybridized carbons (Fsp3) is 0.833. The fourth-order valence-corrected chi connectivity index (χ4v) is 1.09. The van der Waals surface area contributed by atoms with E-state index in [1.165, 1.54) is 0 Å². The molecule has 0 bridgehead atoms. The quantitative estimate of drug-likeness (QED) is 0.497. The zero-order chi connectivity index (χ0) is 8.04. The summed E-state index contributed by atoms with van der Waals surface area (Å²) in [6, 6.07) is 0. The molecular formula is C6H13O3S. The predicted molar refractivity (Wildman–Crippen MR) is 40.0 cm³/mol. The Hall–Kier alpha value is -0.0900. The van der Waals surface area contributed by atoms with Gasteiger partial charge in [-0.2, -0.15) is 8.42 Å². The largest absolute Gasteiger partial charge is 0.285 e. The van der Waals surface area contributed by atoms with Crippen molar-refractivity contribution in [2.24, 2.45) is 0 Å². The van der Waals surface area contributed by atoms with Gasteiger partial charge >= 0.3 is 0 Å². The maximum Gasteiger partial charge on any atom is 0.269 e. The zero-order valence-corrected chi connectivity index (χ0v) is 6.89. The van der Waals surface area contributed by atoms with E-state index < -0.39 is 10.1 Å². The molecule has 3 nitrogen and oxygen atoms in total. The third kappa shape index (κ3) is 7.91. The standard InChI is InChI=1S/C6H13O3S/c1-2-3-4-5-6-10(7,8)9/h6H,2-5H2,1H3,(H,7,8,9). The summed E-state index contributed by atoms with van der Waals surface area (Å²) < 4.78 is 28.4. The Balaban J connectivity index is 3.21. The Morgan fingerprint density at radius 3 is 2.40 bits per heavy atom. The SMILES string of the molecule is CCCCC[CH]S(=O)(=O)O. The van der Waals surface area contributed by atoms with Gasteiger partial charge in [0.05, 0.1) is 0 Å². The summed E-state index contributed by atoms with van der Waals surface area (Å²) in [7, 11) is -3.83. The van der Waals surface area contributed by atoms with Crippen LogP contribution in [0.25, 0.3) is 0 Å². The molecule has 0 fully saturated rings. The summed E-state index contributed by atoms with van der Waals surface area (Å²) in [6.45, 7) is 2.04. The third-order valence-corrected chi connectivity index (χ3v) is 1.79. The van der Waals surface area contributed by atoms with Crippen LogP contribution in [0.5, 0.6) is 0 Å². The molecule has 0 heterocycles. The third-order valence-electron chi connectivity index (χ3n) is 1.14. The van der Waals surface area contributed by atoms with Crippen LogP contribution in [-0.4, -0.2) is 13.0 Å². The number of unbranched alkanes of at least 4 members (excludes halogenated alkanes) is 3. The second kappa shape index (κ2) is 4.68. The van der Waals surface area contributed by atoms with E-state index in [2.05, 4.69) is 0 Å². The van der Waals surface area contributed by atoms with Crippen LogP contribution >= 0.6 is 0 Å². The molecular weight excluding hydrogens is 152 g/mol. The molecule has 0 aliphatic rings. The van der Waals surface area contributed by atoms with Crippen molar-refractivity contribution in [2.45, 2.75) is 32.6 Å². The molecule has 0 atom stereocenters. The van der Waals surface area contributed by atoms with Crippen LogP contribution in [0.1, 0.15) is 32.6 Å². The van der Waals surface area contributed by atoms with Crippen molar-refractivity contribution in [1.29, 1.82) is 0 Å². The van der Waals surface area contributed by atoms with Crippen molar-refractivity contribution in [3.8, 4) is 0 Å². The van der Waals surface area contributed by atoms with Crippen LogP contribution in [-0.2, 0) is 10.1 Å². The highest BCUT2D eigenvalue weighted by Crippen LogP contribution is 2.04. The number of hydrogen-bond acceptors (Lipinski definition) is 2.